The molecule has 1 aliphatic carbocycles. The second kappa shape index (κ2) is 8.19. The predicted octanol–water partition coefficient (Wildman–Crippen LogP) is 1.35. The van der Waals surface area contributed by atoms with Crippen LogP contribution in [-0.2, 0) is 14.4 Å². The average Bonchev–Trinajstić information content (AvgIpc) is 2.67. The highest BCUT2D eigenvalue weighted by atomic mass is 16.2. The van der Waals surface area contributed by atoms with Crippen molar-refractivity contribution in [2.45, 2.75) is 45.4 Å². The summed E-state index contributed by atoms with van der Waals surface area (Å²) >= 11 is 0. The Kier molecular flexibility index (Phi) is 5.97. The highest BCUT2D eigenvalue weighted by Gasteiger charge is 2.35. The molecule has 0 bridgehead atoms. The van der Waals surface area contributed by atoms with E-state index in [-0.39, 0.29) is 17.7 Å². The molecule has 1 atom stereocenters. The number of rotatable bonds is 3. The molecule has 2 saturated heterocycles. The quantitative estimate of drug-likeness (QED) is 0.723. The van der Waals surface area contributed by atoms with E-state index in [9.17, 15) is 14.4 Å². The molecule has 1 unspecified atom stereocenters. The molecule has 6 heteroatoms. The van der Waals surface area contributed by atoms with Crippen LogP contribution < -0.4 is 0 Å². The smallest absolute Gasteiger partial charge is 0.225 e. The van der Waals surface area contributed by atoms with E-state index < -0.39 is 0 Å². The third-order valence-corrected chi connectivity index (χ3v) is 6.17. The lowest BCUT2D eigenvalue weighted by Gasteiger charge is -2.38. The van der Waals surface area contributed by atoms with Crippen LogP contribution in [0.3, 0.4) is 0 Å². The SMILES string of the molecule is CC1CCCN(C(=O)C2CCC(C(=O)N3CCN(C=O)CC3)CC2)C1. The van der Waals surface area contributed by atoms with Gasteiger partial charge in [0.25, 0.3) is 0 Å². The van der Waals surface area contributed by atoms with E-state index in [1.54, 1.807) is 4.90 Å². The molecule has 3 amide bonds. The third-order valence-electron chi connectivity index (χ3n) is 6.17. The fourth-order valence-electron chi connectivity index (χ4n) is 4.54. The number of carbonyl (C=O) groups excluding carboxylic acids is 3. The van der Waals surface area contributed by atoms with E-state index in [1.165, 1.54) is 6.42 Å². The first-order valence-corrected chi connectivity index (χ1v) is 9.85. The predicted molar refractivity (Wildman–Crippen MR) is 94.6 cm³/mol. The van der Waals surface area contributed by atoms with Crippen LogP contribution in [0.25, 0.3) is 0 Å². The lowest BCUT2D eigenvalue weighted by atomic mass is 9.80. The number of amides is 3. The molecular formula is C19H31N3O3. The summed E-state index contributed by atoms with van der Waals surface area (Å²) in [7, 11) is 0. The lowest BCUT2D eigenvalue weighted by molar-refractivity contribution is -0.143. The van der Waals surface area contributed by atoms with Gasteiger partial charge in [0.2, 0.25) is 18.2 Å². The monoisotopic (exact) mass is 349 g/mol. The van der Waals surface area contributed by atoms with Gasteiger partial charge in [0.1, 0.15) is 0 Å². The summed E-state index contributed by atoms with van der Waals surface area (Å²) in [6.45, 7) is 6.58. The van der Waals surface area contributed by atoms with Crippen molar-refractivity contribution in [1.29, 1.82) is 0 Å². The summed E-state index contributed by atoms with van der Waals surface area (Å²) in [6.07, 6.45) is 6.54. The first-order chi connectivity index (χ1) is 12.1. The Balaban J connectivity index is 1.46. The summed E-state index contributed by atoms with van der Waals surface area (Å²) in [5.74, 6) is 1.33. The number of hydrogen-bond donors (Lipinski definition) is 0. The average molecular weight is 349 g/mol. The van der Waals surface area contributed by atoms with Crippen molar-refractivity contribution in [2.75, 3.05) is 39.3 Å². The Bertz CT molecular complexity index is 494. The van der Waals surface area contributed by atoms with Gasteiger partial charge in [0.15, 0.2) is 0 Å². The standard InChI is InChI=1S/C19H31N3O3/c1-15-3-2-8-22(13-15)19(25)17-6-4-16(5-7-17)18(24)21-11-9-20(14-23)10-12-21/h14-17H,2-13H2,1H3. The van der Waals surface area contributed by atoms with Crippen LogP contribution in [0.5, 0.6) is 0 Å². The molecule has 2 heterocycles. The van der Waals surface area contributed by atoms with E-state index in [1.807, 2.05) is 4.90 Å². The second-order valence-electron chi connectivity index (χ2n) is 8.05. The molecule has 3 fully saturated rings. The van der Waals surface area contributed by atoms with Gasteiger partial charge < -0.3 is 14.7 Å². The van der Waals surface area contributed by atoms with Crippen molar-refractivity contribution in [2.24, 2.45) is 17.8 Å². The molecule has 140 valence electrons. The molecule has 0 spiro atoms. The third kappa shape index (κ3) is 4.33. The minimum Gasteiger partial charge on any atom is -0.342 e. The van der Waals surface area contributed by atoms with Gasteiger partial charge >= 0.3 is 0 Å². The first kappa shape index (κ1) is 18.2. The van der Waals surface area contributed by atoms with E-state index >= 15 is 0 Å². The van der Waals surface area contributed by atoms with Gasteiger partial charge in [-0.2, -0.15) is 0 Å². The molecule has 0 radical (unpaired) electrons. The van der Waals surface area contributed by atoms with Crippen LogP contribution in [0.15, 0.2) is 0 Å². The minimum atomic E-state index is 0.0621. The van der Waals surface area contributed by atoms with Crippen LogP contribution >= 0.6 is 0 Å². The van der Waals surface area contributed by atoms with E-state index in [2.05, 4.69) is 11.8 Å². The highest BCUT2D eigenvalue weighted by Crippen LogP contribution is 2.32. The maximum absolute atomic E-state index is 12.7. The molecule has 0 aromatic carbocycles. The normalized spacial score (nSPS) is 30.9. The number of nitrogens with zero attached hydrogens (tertiary/aromatic N) is 3. The molecule has 25 heavy (non-hydrogen) atoms. The Labute approximate surface area is 150 Å². The molecule has 3 aliphatic rings. The number of likely N-dealkylation sites (tertiary alicyclic amines) is 1. The maximum Gasteiger partial charge on any atom is 0.225 e. The fourth-order valence-corrected chi connectivity index (χ4v) is 4.54. The van der Waals surface area contributed by atoms with Gasteiger partial charge in [-0.25, -0.2) is 0 Å². The molecule has 0 aromatic heterocycles. The molecule has 3 rings (SSSR count). The zero-order chi connectivity index (χ0) is 17.8. The summed E-state index contributed by atoms with van der Waals surface area (Å²) < 4.78 is 0. The Morgan fingerprint density at radius 3 is 1.88 bits per heavy atom. The van der Waals surface area contributed by atoms with Gasteiger partial charge in [0, 0.05) is 51.1 Å². The van der Waals surface area contributed by atoms with Crippen molar-refractivity contribution in [1.82, 2.24) is 14.7 Å². The molecule has 6 nitrogen and oxygen atoms in total. The first-order valence-electron chi connectivity index (χ1n) is 9.85. The largest absolute Gasteiger partial charge is 0.342 e. The lowest BCUT2D eigenvalue weighted by Crippen LogP contribution is -2.50. The van der Waals surface area contributed by atoms with Crippen molar-refractivity contribution in [3.8, 4) is 0 Å². The Hall–Kier alpha value is -1.59. The molecule has 2 aliphatic heterocycles. The number of piperidine rings is 1. The van der Waals surface area contributed by atoms with Crippen LogP contribution in [-0.4, -0.2) is 72.2 Å². The highest BCUT2D eigenvalue weighted by molar-refractivity contribution is 5.81. The van der Waals surface area contributed by atoms with Gasteiger partial charge in [0.05, 0.1) is 0 Å². The molecule has 1 saturated carbocycles. The Morgan fingerprint density at radius 1 is 0.800 bits per heavy atom. The summed E-state index contributed by atoms with van der Waals surface area (Å²) in [4.78, 5) is 41.9. The second-order valence-corrected chi connectivity index (χ2v) is 8.05. The van der Waals surface area contributed by atoms with Crippen molar-refractivity contribution in [3.05, 3.63) is 0 Å². The number of piperazine rings is 1. The van der Waals surface area contributed by atoms with Crippen LogP contribution in [0, 0.1) is 17.8 Å². The van der Waals surface area contributed by atoms with Gasteiger partial charge in [-0.1, -0.05) is 6.92 Å². The van der Waals surface area contributed by atoms with Crippen molar-refractivity contribution < 1.29 is 14.4 Å². The minimum absolute atomic E-state index is 0.0621. The topological polar surface area (TPSA) is 60.9 Å². The molecule has 0 aromatic rings. The van der Waals surface area contributed by atoms with Gasteiger partial charge in [-0.05, 0) is 44.4 Å². The Morgan fingerprint density at radius 2 is 1.36 bits per heavy atom. The van der Waals surface area contributed by atoms with E-state index in [0.717, 1.165) is 51.6 Å². The van der Waals surface area contributed by atoms with E-state index in [0.29, 0.717) is 38.0 Å². The van der Waals surface area contributed by atoms with Gasteiger partial charge in [-0.15, -0.1) is 0 Å². The van der Waals surface area contributed by atoms with E-state index in [4.69, 9.17) is 0 Å². The van der Waals surface area contributed by atoms with Crippen LogP contribution in [0.1, 0.15) is 45.4 Å². The summed E-state index contributed by atoms with van der Waals surface area (Å²) in [5.41, 5.74) is 0. The van der Waals surface area contributed by atoms with Crippen molar-refractivity contribution in [3.63, 3.8) is 0 Å². The zero-order valence-corrected chi connectivity index (χ0v) is 15.4. The number of carbonyl (C=O) groups is 3. The number of hydrogen-bond acceptors (Lipinski definition) is 3. The van der Waals surface area contributed by atoms with Crippen LogP contribution in [0.4, 0.5) is 0 Å². The maximum atomic E-state index is 12.7. The fraction of sp³-hybridized carbons (Fsp3) is 0.842. The zero-order valence-electron chi connectivity index (χ0n) is 15.4. The molecular weight excluding hydrogens is 318 g/mol. The van der Waals surface area contributed by atoms with Crippen molar-refractivity contribution >= 4 is 18.2 Å². The molecule has 0 N–H and O–H groups in total. The summed E-state index contributed by atoms with van der Waals surface area (Å²) in [5, 5.41) is 0. The van der Waals surface area contributed by atoms with Crippen LogP contribution in [0.2, 0.25) is 0 Å². The van der Waals surface area contributed by atoms with Gasteiger partial charge in [-0.3, -0.25) is 14.4 Å². The summed E-state index contributed by atoms with van der Waals surface area (Å²) in [6, 6.07) is 0.